The maximum absolute atomic E-state index is 11.5. The maximum atomic E-state index is 11.5. The Morgan fingerprint density at radius 3 is 2.69 bits per heavy atom. The van der Waals surface area contributed by atoms with E-state index in [1.807, 2.05) is 12.1 Å². The highest BCUT2D eigenvalue weighted by Gasteiger charge is 2.18. The third kappa shape index (κ3) is 2.31. The number of nitrogens with one attached hydrogen (secondary N) is 1. The molecule has 0 aliphatic rings. The van der Waals surface area contributed by atoms with E-state index in [-0.39, 0.29) is 11.9 Å². The van der Waals surface area contributed by atoms with Crippen LogP contribution < -0.4 is 10.2 Å². The lowest BCUT2D eigenvalue weighted by Crippen LogP contribution is -2.42. The number of amides is 1. The van der Waals surface area contributed by atoms with Crippen molar-refractivity contribution in [2.75, 3.05) is 19.0 Å². The molecule has 1 N–H and O–H groups in total. The number of nitriles is 1. The van der Waals surface area contributed by atoms with Gasteiger partial charge in [-0.1, -0.05) is 12.1 Å². The van der Waals surface area contributed by atoms with Gasteiger partial charge in [0.25, 0.3) is 0 Å². The van der Waals surface area contributed by atoms with Crippen molar-refractivity contribution in [3.05, 3.63) is 29.8 Å². The Balaban J connectivity index is 3.01. The normalized spacial score (nSPS) is 11.4. The molecule has 16 heavy (non-hydrogen) atoms. The van der Waals surface area contributed by atoms with Crippen LogP contribution in [0.2, 0.25) is 0 Å². The maximum Gasteiger partial charge on any atom is 0.242 e. The predicted molar refractivity (Wildman–Crippen MR) is 63.1 cm³/mol. The van der Waals surface area contributed by atoms with E-state index in [0.717, 1.165) is 5.69 Å². The molecule has 0 fully saturated rings. The van der Waals surface area contributed by atoms with Crippen molar-refractivity contribution in [3.63, 3.8) is 0 Å². The zero-order valence-electron chi connectivity index (χ0n) is 9.69. The average molecular weight is 217 g/mol. The Morgan fingerprint density at radius 2 is 2.12 bits per heavy atom. The molecule has 0 saturated carbocycles. The van der Waals surface area contributed by atoms with E-state index in [0.29, 0.717) is 5.56 Å². The Bertz CT molecular complexity index is 423. The summed E-state index contributed by atoms with van der Waals surface area (Å²) in [4.78, 5) is 13.3. The second-order valence-corrected chi connectivity index (χ2v) is 3.53. The summed E-state index contributed by atoms with van der Waals surface area (Å²) in [5, 5.41) is 11.6. The number of para-hydroxylation sites is 1. The van der Waals surface area contributed by atoms with Crippen LogP contribution in [0, 0.1) is 11.3 Å². The third-order valence-corrected chi connectivity index (χ3v) is 2.61. The molecule has 0 bridgehead atoms. The fraction of sp³-hybridized carbons (Fsp3) is 0.333. The van der Waals surface area contributed by atoms with Crippen molar-refractivity contribution in [2.45, 2.75) is 13.0 Å². The molecule has 84 valence electrons. The summed E-state index contributed by atoms with van der Waals surface area (Å²) in [6.45, 7) is 1.80. The van der Waals surface area contributed by atoms with Crippen LogP contribution in [0.1, 0.15) is 12.5 Å². The molecule has 1 atom stereocenters. The van der Waals surface area contributed by atoms with E-state index in [1.165, 1.54) is 0 Å². The van der Waals surface area contributed by atoms with Crippen molar-refractivity contribution in [1.29, 1.82) is 5.26 Å². The number of nitrogens with zero attached hydrogens (tertiary/aromatic N) is 2. The molecule has 0 spiro atoms. The molecule has 1 amide bonds. The summed E-state index contributed by atoms with van der Waals surface area (Å²) < 4.78 is 0. The van der Waals surface area contributed by atoms with Gasteiger partial charge in [-0.15, -0.1) is 0 Å². The predicted octanol–water partition coefficient (Wildman–Crippen LogP) is 1.13. The number of hydrogen-bond acceptors (Lipinski definition) is 3. The molecule has 0 aliphatic carbocycles. The Labute approximate surface area is 95.5 Å². The summed E-state index contributed by atoms with van der Waals surface area (Å²) in [5.74, 6) is -0.0738. The van der Waals surface area contributed by atoms with Crippen LogP contribution in [0.3, 0.4) is 0 Å². The van der Waals surface area contributed by atoms with Gasteiger partial charge in [0.05, 0.1) is 11.3 Å². The van der Waals surface area contributed by atoms with E-state index in [9.17, 15) is 4.79 Å². The second kappa shape index (κ2) is 5.17. The minimum absolute atomic E-state index is 0.0738. The first-order valence-electron chi connectivity index (χ1n) is 5.05. The summed E-state index contributed by atoms with van der Waals surface area (Å²) >= 11 is 0. The SMILES string of the molecule is CNC(=O)C(C)N(C)c1ccccc1C#N. The summed E-state index contributed by atoms with van der Waals surface area (Å²) in [6, 6.07) is 9.04. The van der Waals surface area contributed by atoms with Crippen LogP contribution in [0.5, 0.6) is 0 Å². The molecular formula is C12H15N3O. The lowest BCUT2D eigenvalue weighted by Gasteiger charge is -2.26. The first-order chi connectivity index (χ1) is 7.61. The van der Waals surface area contributed by atoms with Gasteiger partial charge < -0.3 is 10.2 Å². The standard InChI is InChI=1S/C12H15N3O/c1-9(12(16)14-2)15(3)11-7-5-4-6-10(11)8-13/h4-7,9H,1-3H3,(H,14,16). The van der Waals surface area contributed by atoms with Crippen molar-refractivity contribution in [3.8, 4) is 6.07 Å². The van der Waals surface area contributed by atoms with Crippen LogP contribution in [-0.4, -0.2) is 26.0 Å². The topological polar surface area (TPSA) is 56.1 Å². The quantitative estimate of drug-likeness (QED) is 0.825. The zero-order chi connectivity index (χ0) is 12.1. The molecule has 0 radical (unpaired) electrons. The highest BCUT2D eigenvalue weighted by Crippen LogP contribution is 2.19. The van der Waals surface area contributed by atoms with Gasteiger partial charge in [-0.25, -0.2) is 0 Å². The minimum Gasteiger partial charge on any atom is -0.362 e. The molecule has 4 heteroatoms. The summed E-state index contributed by atoms with van der Waals surface area (Å²) in [7, 11) is 3.40. The van der Waals surface area contributed by atoms with Crippen molar-refractivity contribution in [2.24, 2.45) is 0 Å². The van der Waals surface area contributed by atoms with Crippen LogP contribution in [0.25, 0.3) is 0 Å². The Morgan fingerprint density at radius 1 is 1.50 bits per heavy atom. The molecule has 0 aliphatic heterocycles. The average Bonchev–Trinajstić information content (AvgIpc) is 2.35. The largest absolute Gasteiger partial charge is 0.362 e. The second-order valence-electron chi connectivity index (χ2n) is 3.53. The van der Waals surface area contributed by atoms with Crippen LogP contribution in [-0.2, 0) is 4.79 Å². The van der Waals surface area contributed by atoms with E-state index in [4.69, 9.17) is 5.26 Å². The molecule has 0 heterocycles. The molecule has 0 aromatic heterocycles. The zero-order valence-corrected chi connectivity index (χ0v) is 9.69. The van der Waals surface area contributed by atoms with Gasteiger partial charge in [-0.05, 0) is 19.1 Å². The molecule has 1 rings (SSSR count). The number of rotatable bonds is 3. The summed E-state index contributed by atoms with van der Waals surface area (Å²) in [5.41, 5.74) is 1.34. The van der Waals surface area contributed by atoms with Crippen molar-refractivity contribution < 1.29 is 4.79 Å². The number of carbonyl (C=O) groups excluding carboxylic acids is 1. The van der Waals surface area contributed by atoms with E-state index in [1.54, 1.807) is 38.1 Å². The number of carbonyl (C=O) groups is 1. The number of likely N-dealkylation sites (N-methyl/N-ethyl adjacent to an activating group) is 2. The number of anilines is 1. The van der Waals surface area contributed by atoms with Gasteiger partial charge in [0, 0.05) is 14.1 Å². The molecule has 1 aromatic carbocycles. The number of hydrogen-bond donors (Lipinski definition) is 1. The van der Waals surface area contributed by atoms with Gasteiger partial charge >= 0.3 is 0 Å². The molecule has 1 aromatic rings. The van der Waals surface area contributed by atoms with Crippen LogP contribution in [0.4, 0.5) is 5.69 Å². The fourth-order valence-corrected chi connectivity index (χ4v) is 1.47. The molecule has 4 nitrogen and oxygen atoms in total. The van der Waals surface area contributed by atoms with E-state index >= 15 is 0 Å². The fourth-order valence-electron chi connectivity index (χ4n) is 1.47. The molecular weight excluding hydrogens is 202 g/mol. The summed E-state index contributed by atoms with van der Waals surface area (Å²) in [6.07, 6.45) is 0. The monoisotopic (exact) mass is 217 g/mol. The highest BCUT2D eigenvalue weighted by atomic mass is 16.2. The van der Waals surface area contributed by atoms with Gasteiger partial charge in [0.1, 0.15) is 12.1 Å². The van der Waals surface area contributed by atoms with E-state index < -0.39 is 0 Å². The van der Waals surface area contributed by atoms with E-state index in [2.05, 4.69) is 11.4 Å². The molecule has 1 unspecified atom stereocenters. The first-order valence-corrected chi connectivity index (χ1v) is 5.05. The van der Waals surface area contributed by atoms with Gasteiger partial charge in [-0.2, -0.15) is 5.26 Å². The highest BCUT2D eigenvalue weighted by molar-refractivity contribution is 5.85. The smallest absolute Gasteiger partial charge is 0.242 e. The Kier molecular flexibility index (Phi) is 3.90. The van der Waals surface area contributed by atoms with Gasteiger partial charge in [0.2, 0.25) is 5.91 Å². The Hall–Kier alpha value is -2.02. The van der Waals surface area contributed by atoms with Crippen molar-refractivity contribution >= 4 is 11.6 Å². The van der Waals surface area contributed by atoms with Gasteiger partial charge in [0.15, 0.2) is 0 Å². The third-order valence-electron chi connectivity index (χ3n) is 2.61. The van der Waals surface area contributed by atoms with Crippen LogP contribution in [0.15, 0.2) is 24.3 Å². The van der Waals surface area contributed by atoms with Crippen LogP contribution >= 0.6 is 0 Å². The minimum atomic E-state index is -0.306. The number of benzene rings is 1. The molecule has 0 saturated heterocycles. The first kappa shape index (κ1) is 12.1. The van der Waals surface area contributed by atoms with Crippen molar-refractivity contribution in [1.82, 2.24) is 5.32 Å². The van der Waals surface area contributed by atoms with Gasteiger partial charge in [-0.3, -0.25) is 4.79 Å². The lowest BCUT2D eigenvalue weighted by molar-refractivity contribution is -0.121. The lowest BCUT2D eigenvalue weighted by atomic mass is 10.1.